The van der Waals surface area contributed by atoms with Gasteiger partial charge in [-0.2, -0.15) is 0 Å². The molecule has 0 aliphatic heterocycles. The van der Waals surface area contributed by atoms with Gasteiger partial charge < -0.3 is 9.47 Å². The molecule has 1 aromatic carbocycles. The van der Waals surface area contributed by atoms with Gasteiger partial charge in [0.2, 0.25) is 0 Å². The van der Waals surface area contributed by atoms with Gasteiger partial charge in [0.15, 0.2) is 0 Å². The highest BCUT2D eigenvalue weighted by Gasteiger charge is 2.17. The summed E-state index contributed by atoms with van der Waals surface area (Å²) in [6, 6.07) is 5.59. The van der Waals surface area contributed by atoms with E-state index in [1.54, 1.807) is 6.92 Å². The lowest BCUT2D eigenvalue weighted by Crippen LogP contribution is -2.17. The van der Waals surface area contributed by atoms with Gasteiger partial charge in [0.1, 0.15) is 0 Å². The smallest absolute Gasteiger partial charge is 0.379 e. The highest BCUT2D eigenvalue weighted by Crippen LogP contribution is 2.07. The summed E-state index contributed by atoms with van der Waals surface area (Å²) < 4.78 is 9.08. The maximum atomic E-state index is 11.5. The molecule has 90 valence electrons. The summed E-state index contributed by atoms with van der Waals surface area (Å²) in [5.74, 6) is -2.14. The highest BCUT2D eigenvalue weighted by molar-refractivity contribution is 6.40. The lowest BCUT2D eigenvalue weighted by atomic mass is 10.1. The summed E-state index contributed by atoms with van der Waals surface area (Å²) in [7, 11) is 1.26. The Labute approximate surface area is 98.3 Å². The molecule has 17 heavy (non-hydrogen) atoms. The van der Waals surface area contributed by atoms with Crippen molar-refractivity contribution >= 4 is 17.7 Å². The van der Waals surface area contributed by atoms with Crippen molar-refractivity contribution in [1.29, 1.82) is 0 Å². The van der Waals surface area contributed by atoms with Crippen LogP contribution in [-0.2, 0) is 14.3 Å². The Kier molecular flexibility index (Phi) is 4.39. The van der Waals surface area contributed by atoms with Gasteiger partial charge in [0.05, 0.1) is 19.3 Å². The quantitative estimate of drug-likeness (QED) is 0.446. The lowest BCUT2D eigenvalue weighted by Gasteiger charge is -2.02. The van der Waals surface area contributed by atoms with E-state index in [9.17, 15) is 14.4 Å². The van der Waals surface area contributed by atoms with Crippen molar-refractivity contribution in [2.24, 2.45) is 0 Å². The second kappa shape index (κ2) is 5.79. The van der Waals surface area contributed by atoms with Gasteiger partial charge in [-0.15, -0.1) is 0 Å². The number of esters is 2. The molecule has 5 heteroatoms. The molecule has 0 amide bonds. The van der Waals surface area contributed by atoms with E-state index >= 15 is 0 Å². The number of carbonyl (C=O) groups excluding carboxylic acids is 3. The maximum absolute atomic E-state index is 11.5. The van der Waals surface area contributed by atoms with E-state index < -0.39 is 17.7 Å². The molecular formula is C12H12O5. The second-order valence-electron chi connectivity index (χ2n) is 3.12. The topological polar surface area (TPSA) is 69.7 Å². The summed E-state index contributed by atoms with van der Waals surface area (Å²) in [6.45, 7) is 1.76. The van der Waals surface area contributed by atoms with E-state index in [2.05, 4.69) is 9.47 Å². The van der Waals surface area contributed by atoms with E-state index in [1.807, 2.05) is 0 Å². The first-order valence-electron chi connectivity index (χ1n) is 5.00. The van der Waals surface area contributed by atoms with E-state index in [0.717, 1.165) is 0 Å². The van der Waals surface area contributed by atoms with E-state index in [4.69, 9.17) is 0 Å². The minimum absolute atomic E-state index is 0.144. The van der Waals surface area contributed by atoms with Crippen LogP contribution in [0.2, 0.25) is 0 Å². The predicted molar refractivity (Wildman–Crippen MR) is 58.7 cm³/mol. The summed E-state index contributed by atoms with van der Waals surface area (Å²) >= 11 is 0. The van der Waals surface area contributed by atoms with Crippen molar-refractivity contribution in [2.75, 3.05) is 13.7 Å². The summed E-state index contributed by atoms with van der Waals surface area (Å²) in [4.78, 5) is 33.8. The average Bonchev–Trinajstić information content (AvgIpc) is 2.37. The van der Waals surface area contributed by atoms with Gasteiger partial charge in [-0.3, -0.25) is 4.79 Å². The Morgan fingerprint density at radius 3 is 2.06 bits per heavy atom. The largest absolute Gasteiger partial charge is 0.465 e. The second-order valence-corrected chi connectivity index (χ2v) is 3.12. The van der Waals surface area contributed by atoms with Crippen LogP contribution in [0.3, 0.4) is 0 Å². The summed E-state index contributed by atoms with van der Waals surface area (Å²) in [5.41, 5.74) is 0.490. The van der Waals surface area contributed by atoms with Crippen LogP contribution in [0.15, 0.2) is 24.3 Å². The molecule has 0 unspecified atom stereocenters. The minimum Gasteiger partial charge on any atom is -0.465 e. The highest BCUT2D eigenvalue weighted by atomic mass is 16.5. The molecule has 0 saturated heterocycles. The number of hydrogen-bond acceptors (Lipinski definition) is 5. The summed E-state index contributed by atoms with van der Waals surface area (Å²) in [6.07, 6.45) is 0. The number of methoxy groups -OCH3 is 1. The third kappa shape index (κ3) is 3.14. The van der Waals surface area contributed by atoms with Crippen LogP contribution < -0.4 is 0 Å². The van der Waals surface area contributed by atoms with Crippen molar-refractivity contribution in [1.82, 2.24) is 0 Å². The SMILES string of the molecule is CCOC(=O)C(=O)c1ccc(C(=O)OC)cc1. The molecule has 0 fully saturated rings. The Morgan fingerprint density at radius 2 is 1.59 bits per heavy atom. The number of carbonyl (C=O) groups is 3. The zero-order valence-corrected chi connectivity index (χ0v) is 9.56. The molecule has 1 rings (SSSR count). The lowest BCUT2D eigenvalue weighted by molar-refractivity contribution is -0.137. The fourth-order valence-corrected chi connectivity index (χ4v) is 1.19. The number of hydrogen-bond donors (Lipinski definition) is 0. The molecule has 0 saturated carbocycles. The summed E-state index contributed by atoms with van der Waals surface area (Å²) in [5, 5.41) is 0. The van der Waals surface area contributed by atoms with Crippen LogP contribution in [0, 0.1) is 0 Å². The molecule has 0 aromatic heterocycles. The van der Waals surface area contributed by atoms with Crippen molar-refractivity contribution in [3.63, 3.8) is 0 Å². The zero-order valence-electron chi connectivity index (χ0n) is 9.56. The zero-order chi connectivity index (χ0) is 12.8. The molecule has 1 aromatic rings. The van der Waals surface area contributed by atoms with Crippen molar-refractivity contribution in [3.05, 3.63) is 35.4 Å². The maximum Gasteiger partial charge on any atom is 0.379 e. The van der Waals surface area contributed by atoms with Gasteiger partial charge in [-0.05, 0) is 31.2 Å². The van der Waals surface area contributed by atoms with Crippen LogP contribution in [-0.4, -0.2) is 31.4 Å². The van der Waals surface area contributed by atoms with Crippen LogP contribution in [0.1, 0.15) is 27.6 Å². The van der Waals surface area contributed by atoms with Gasteiger partial charge in [0.25, 0.3) is 5.78 Å². The number of benzene rings is 1. The molecule has 0 bridgehead atoms. The van der Waals surface area contributed by atoms with Crippen LogP contribution >= 0.6 is 0 Å². The first-order valence-corrected chi connectivity index (χ1v) is 5.00. The molecule has 5 nitrogen and oxygen atoms in total. The van der Waals surface area contributed by atoms with Gasteiger partial charge >= 0.3 is 11.9 Å². The normalized spacial score (nSPS) is 9.53. The predicted octanol–water partition coefficient (Wildman–Crippen LogP) is 1.22. The van der Waals surface area contributed by atoms with Gasteiger partial charge in [-0.25, -0.2) is 9.59 Å². The van der Waals surface area contributed by atoms with Crippen LogP contribution in [0.4, 0.5) is 0 Å². The third-order valence-electron chi connectivity index (χ3n) is 2.03. The standard InChI is InChI=1S/C12H12O5/c1-3-17-12(15)10(13)8-4-6-9(7-5-8)11(14)16-2/h4-7H,3H2,1-2H3. The molecule has 0 radical (unpaired) electrons. The van der Waals surface area contributed by atoms with Crippen molar-refractivity contribution in [2.45, 2.75) is 6.92 Å². The van der Waals surface area contributed by atoms with Crippen LogP contribution in [0.5, 0.6) is 0 Å². The average molecular weight is 236 g/mol. The van der Waals surface area contributed by atoms with Crippen molar-refractivity contribution in [3.8, 4) is 0 Å². The number of rotatable bonds is 4. The molecule has 0 N–H and O–H groups in total. The van der Waals surface area contributed by atoms with Gasteiger partial charge in [-0.1, -0.05) is 0 Å². The number of ether oxygens (including phenoxy) is 2. The van der Waals surface area contributed by atoms with Crippen LogP contribution in [0.25, 0.3) is 0 Å². The van der Waals surface area contributed by atoms with E-state index in [0.29, 0.717) is 5.56 Å². The third-order valence-corrected chi connectivity index (χ3v) is 2.03. The Morgan fingerprint density at radius 1 is 1.06 bits per heavy atom. The molecule has 0 aliphatic rings. The minimum atomic E-state index is -0.904. The molecule has 0 spiro atoms. The Hall–Kier alpha value is -2.17. The van der Waals surface area contributed by atoms with Crippen molar-refractivity contribution < 1.29 is 23.9 Å². The Balaban J connectivity index is 2.84. The number of ketones is 1. The Bertz CT molecular complexity index is 433. The van der Waals surface area contributed by atoms with E-state index in [1.165, 1.54) is 31.4 Å². The fourth-order valence-electron chi connectivity index (χ4n) is 1.19. The first-order chi connectivity index (χ1) is 8.10. The molecule has 0 atom stereocenters. The first kappa shape index (κ1) is 12.9. The van der Waals surface area contributed by atoms with E-state index in [-0.39, 0.29) is 12.2 Å². The number of Topliss-reactive ketones (excluding diaryl/α,β-unsaturated/α-hetero) is 1. The monoisotopic (exact) mass is 236 g/mol. The molecule has 0 heterocycles. The fraction of sp³-hybridized carbons (Fsp3) is 0.250. The molecular weight excluding hydrogens is 224 g/mol. The van der Waals surface area contributed by atoms with Gasteiger partial charge in [0, 0.05) is 5.56 Å². The molecule has 0 aliphatic carbocycles.